The Bertz CT molecular complexity index is 783. The number of hydrogen-bond acceptors (Lipinski definition) is 4. The summed E-state index contributed by atoms with van der Waals surface area (Å²) in [7, 11) is 0. The lowest BCUT2D eigenvalue weighted by Crippen LogP contribution is -2.58. The van der Waals surface area contributed by atoms with Crippen LogP contribution in [0.15, 0.2) is 18.2 Å². The van der Waals surface area contributed by atoms with Gasteiger partial charge in [0, 0.05) is 39.1 Å². The fourth-order valence-electron chi connectivity index (χ4n) is 3.62. The predicted molar refractivity (Wildman–Crippen MR) is 110 cm³/mol. The Morgan fingerprint density at radius 1 is 1.07 bits per heavy atom. The Morgan fingerprint density at radius 3 is 2.48 bits per heavy atom. The summed E-state index contributed by atoms with van der Waals surface area (Å²) < 4.78 is 5.25. The van der Waals surface area contributed by atoms with E-state index in [0.717, 1.165) is 5.56 Å². The zero-order valence-electron chi connectivity index (χ0n) is 16.4. The van der Waals surface area contributed by atoms with E-state index in [1.807, 2.05) is 0 Å². The quantitative estimate of drug-likeness (QED) is 0.698. The molecule has 1 aromatic rings. The highest BCUT2D eigenvalue weighted by Crippen LogP contribution is 2.23. The number of carbonyl (C=O) groups is 3. The monoisotopic (exact) mass is 441 g/mol. The Labute approximate surface area is 180 Å². The smallest absolute Gasteiger partial charge is 0.245 e. The number of benzene rings is 1. The molecule has 2 fully saturated rings. The molecule has 3 amide bonds. The van der Waals surface area contributed by atoms with Crippen LogP contribution in [-0.2, 0) is 25.5 Å². The first-order valence-electron chi connectivity index (χ1n) is 9.74. The van der Waals surface area contributed by atoms with Crippen molar-refractivity contribution in [3.8, 4) is 0 Å². The van der Waals surface area contributed by atoms with Gasteiger partial charge in [-0.15, -0.1) is 0 Å². The SMILES string of the molecule is C[C@H]1C(=O)N(CCC(=O)N2CCOCC2)CCN1C(=O)Cc1ccc(Cl)c(Cl)c1. The second kappa shape index (κ2) is 9.78. The second-order valence-corrected chi connectivity index (χ2v) is 8.07. The molecule has 1 aromatic carbocycles. The fourth-order valence-corrected chi connectivity index (χ4v) is 3.94. The maximum absolute atomic E-state index is 12.7. The lowest BCUT2D eigenvalue weighted by Gasteiger charge is -2.39. The summed E-state index contributed by atoms with van der Waals surface area (Å²) in [5.74, 6) is -0.228. The van der Waals surface area contributed by atoms with Gasteiger partial charge < -0.3 is 19.4 Å². The first-order valence-corrected chi connectivity index (χ1v) is 10.5. The third-order valence-corrected chi connectivity index (χ3v) is 6.11. The van der Waals surface area contributed by atoms with Gasteiger partial charge in [-0.3, -0.25) is 14.4 Å². The van der Waals surface area contributed by atoms with E-state index in [9.17, 15) is 14.4 Å². The summed E-state index contributed by atoms with van der Waals surface area (Å²) in [6, 6.07) is 4.52. The number of ether oxygens (including phenoxy) is 1. The molecule has 0 radical (unpaired) electrons. The molecule has 2 aliphatic rings. The van der Waals surface area contributed by atoms with Crippen LogP contribution in [0.25, 0.3) is 0 Å². The lowest BCUT2D eigenvalue weighted by atomic mass is 10.1. The first-order chi connectivity index (χ1) is 13.9. The molecular formula is C20H25Cl2N3O4. The van der Waals surface area contributed by atoms with Crippen LogP contribution >= 0.6 is 23.2 Å². The van der Waals surface area contributed by atoms with Gasteiger partial charge in [-0.2, -0.15) is 0 Å². The van der Waals surface area contributed by atoms with Crippen molar-refractivity contribution in [3.05, 3.63) is 33.8 Å². The fraction of sp³-hybridized carbons (Fsp3) is 0.550. The maximum atomic E-state index is 12.7. The molecule has 158 valence electrons. The lowest BCUT2D eigenvalue weighted by molar-refractivity contribution is -0.151. The molecule has 0 N–H and O–H groups in total. The molecular weight excluding hydrogens is 417 g/mol. The van der Waals surface area contributed by atoms with Gasteiger partial charge in [-0.1, -0.05) is 29.3 Å². The molecule has 0 bridgehead atoms. The van der Waals surface area contributed by atoms with Crippen molar-refractivity contribution >= 4 is 40.9 Å². The summed E-state index contributed by atoms with van der Waals surface area (Å²) in [4.78, 5) is 42.8. The zero-order chi connectivity index (χ0) is 21.0. The highest BCUT2D eigenvalue weighted by Gasteiger charge is 2.34. The van der Waals surface area contributed by atoms with Crippen molar-refractivity contribution < 1.29 is 19.1 Å². The van der Waals surface area contributed by atoms with Crippen LogP contribution in [0.3, 0.4) is 0 Å². The van der Waals surface area contributed by atoms with Gasteiger partial charge in [-0.05, 0) is 24.6 Å². The molecule has 2 saturated heterocycles. The summed E-state index contributed by atoms with van der Waals surface area (Å²) in [5, 5.41) is 0.836. The number of halogens is 2. The molecule has 0 aliphatic carbocycles. The van der Waals surface area contributed by atoms with Crippen LogP contribution in [0.5, 0.6) is 0 Å². The van der Waals surface area contributed by atoms with E-state index >= 15 is 0 Å². The van der Waals surface area contributed by atoms with Gasteiger partial charge in [0.1, 0.15) is 6.04 Å². The average Bonchev–Trinajstić information content (AvgIpc) is 2.72. The minimum atomic E-state index is -0.558. The average molecular weight is 442 g/mol. The number of hydrogen-bond donors (Lipinski definition) is 0. The van der Waals surface area contributed by atoms with E-state index in [1.54, 1.807) is 39.8 Å². The predicted octanol–water partition coefficient (Wildman–Crippen LogP) is 1.84. The van der Waals surface area contributed by atoms with Crippen LogP contribution in [0.2, 0.25) is 10.0 Å². The van der Waals surface area contributed by atoms with Crippen LogP contribution in [0, 0.1) is 0 Å². The van der Waals surface area contributed by atoms with Crippen LogP contribution < -0.4 is 0 Å². The maximum Gasteiger partial charge on any atom is 0.245 e. The molecule has 0 saturated carbocycles. The van der Waals surface area contributed by atoms with E-state index in [1.165, 1.54) is 0 Å². The zero-order valence-corrected chi connectivity index (χ0v) is 17.9. The molecule has 7 nitrogen and oxygen atoms in total. The molecule has 29 heavy (non-hydrogen) atoms. The normalized spacial score (nSPS) is 20.2. The van der Waals surface area contributed by atoms with Gasteiger partial charge in [0.25, 0.3) is 0 Å². The van der Waals surface area contributed by atoms with Crippen molar-refractivity contribution in [1.82, 2.24) is 14.7 Å². The second-order valence-electron chi connectivity index (χ2n) is 7.26. The summed E-state index contributed by atoms with van der Waals surface area (Å²) in [6.07, 6.45) is 0.444. The molecule has 2 heterocycles. The third kappa shape index (κ3) is 5.41. The van der Waals surface area contributed by atoms with Gasteiger partial charge in [0.2, 0.25) is 17.7 Å². The van der Waals surface area contributed by atoms with Crippen molar-refractivity contribution in [2.45, 2.75) is 25.8 Å². The Balaban J connectivity index is 1.52. The van der Waals surface area contributed by atoms with Crippen molar-refractivity contribution in [2.75, 3.05) is 45.9 Å². The van der Waals surface area contributed by atoms with Crippen molar-refractivity contribution in [1.29, 1.82) is 0 Å². The van der Waals surface area contributed by atoms with Crippen LogP contribution in [-0.4, -0.2) is 84.4 Å². The first kappa shape index (κ1) is 21.9. The molecule has 0 aromatic heterocycles. The highest BCUT2D eigenvalue weighted by atomic mass is 35.5. The Hall–Kier alpha value is -1.83. The van der Waals surface area contributed by atoms with Gasteiger partial charge >= 0.3 is 0 Å². The summed E-state index contributed by atoms with van der Waals surface area (Å²) in [5.41, 5.74) is 0.752. The van der Waals surface area contributed by atoms with Gasteiger partial charge in [0.15, 0.2) is 0 Å². The molecule has 0 spiro atoms. The van der Waals surface area contributed by atoms with Gasteiger partial charge in [-0.25, -0.2) is 0 Å². The number of morpholine rings is 1. The third-order valence-electron chi connectivity index (χ3n) is 5.37. The summed E-state index contributed by atoms with van der Waals surface area (Å²) in [6.45, 7) is 5.27. The minimum Gasteiger partial charge on any atom is -0.378 e. The molecule has 9 heteroatoms. The van der Waals surface area contributed by atoms with E-state index < -0.39 is 6.04 Å². The molecule has 1 atom stereocenters. The number of carbonyl (C=O) groups excluding carboxylic acids is 3. The molecule has 2 aliphatic heterocycles. The van der Waals surface area contributed by atoms with Crippen molar-refractivity contribution in [3.63, 3.8) is 0 Å². The largest absolute Gasteiger partial charge is 0.378 e. The standard InChI is InChI=1S/C20H25Cl2N3O4/c1-14-20(28)24(5-4-18(26)23-8-10-29-11-9-23)6-7-25(14)19(27)13-15-2-3-16(21)17(22)12-15/h2-3,12,14H,4-11,13H2,1H3/t14-/m0/s1. The number of nitrogens with zero attached hydrogens (tertiary/aromatic N) is 3. The Kier molecular flexibility index (Phi) is 7.38. The summed E-state index contributed by atoms with van der Waals surface area (Å²) >= 11 is 11.9. The molecule has 0 unspecified atom stereocenters. The molecule has 3 rings (SSSR count). The van der Waals surface area contributed by atoms with E-state index in [-0.39, 0.29) is 30.6 Å². The number of piperazine rings is 1. The van der Waals surface area contributed by atoms with Crippen LogP contribution in [0.4, 0.5) is 0 Å². The topological polar surface area (TPSA) is 70.2 Å². The number of rotatable bonds is 5. The highest BCUT2D eigenvalue weighted by molar-refractivity contribution is 6.42. The van der Waals surface area contributed by atoms with E-state index in [0.29, 0.717) is 56.0 Å². The van der Waals surface area contributed by atoms with Crippen molar-refractivity contribution in [2.24, 2.45) is 0 Å². The minimum absolute atomic E-state index is 0.0341. The number of amides is 3. The van der Waals surface area contributed by atoms with Gasteiger partial charge in [0.05, 0.1) is 29.7 Å². The van der Waals surface area contributed by atoms with Crippen LogP contribution in [0.1, 0.15) is 18.9 Å². The van der Waals surface area contributed by atoms with E-state index in [4.69, 9.17) is 27.9 Å². The Morgan fingerprint density at radius 2 is 1.79 bits per heavy atom. The van der Waals surface area contributed by atoms with E-state index in [2.05, 4.69) is 0 Å².